The van der Waals surface area contributed by atoms with Crippen LogP contribution in [0.1, 0.15) is 0 Å². The molecule has 0 aliphatic rings. The average Bonchev–Trinajstić information content (AvgIpc) is 2.65. The summed E-state index contributed by atoms with van der Waals surface area (Å²) >= 11 is 0. The Morgan fingerprint density at radius 3 is 2.13 bits per heavy atom. The van der Waals surface area contributed by atoms with E-state index in [0.29, 0.717) is 0 Å². The molecule has 0 atom stereocenters. The van der Waals surface area contributed by atoms with Gasteiger partial charge in [0.25, 0.3) is 10.0 Å². The van der Waals surface area contributed by atoms with E-state index in [4.69, 9.17) is 13.7 Å². The van der Waals surface area contributed by atoms with Crippen molar-refractivity contribution in [3.05, 3.63) is 30.3 Å². The first-order valence-electron chi connectivity index (χ1n) is 8.25. The van der Waals surface area contributed by atoms with Crippen LogP contribution < -0.4 is 28.5 Å². The van der Waals surface area contributed by atoms with Crippen LogP contribution >= 0.6 is 0 Å². The van der Waals surface area contributed by atoms with Gasteiger partial charge >= 0.3 is 16.3 Å². The third-order valence-corrected chi connectivity index (χ3v) is 5.54. The molecule has 170 valence electrons. The monoisotopic (exact) mass is 476 g/mol. The molecule has 1 aromatic heterocycles. The molecule has 3 N–H and O–H groups in total. The molecule has 0 fully saturated rings. The lowest BCUT2D eigenvalue weighted by Crippen LogP contribution is -2.38. The van der Waals surface area contributed by atoms with Gasteiger partial charge in [-0.15, -0.1) is 4.83 Å². The van der Waals surface area contributed by atoms with E-state index in [1.54, 1.807) is 4.72 Å². The van der Waals surface area contributed by atoms with E-state index >= 15 is 0 Å². The molecule has 0 aliphatic heterocycles. The van der Waals surface area contributed by atoms with Gasteiger partial charge in [0.2, 0.25) is 17.7 Å². The van der Waals surface area contributed by atoms with Crippen molar-refractivity contribution in [3.8, 4) is 17.5 Å². The Hall–Kier alpha value is -3.21. The summed E-state index contributed by atoms with van der Waals surface area (Å²) in [6.07, 6.45) is 0. The van der Waals surface area contributed by atoms with Gasteiger partial charge in [-0.25, -0.2) is 22.9 Å². The van der Waals surface area contributed by atoms with Gasteiger partial charge in [-0.3, -0.25) is 5.32 Å². The van der Waals surface area contributed by atoms with Crippen molar-refractivity contribution in [2.45, 2.75) is 4.90 Å². The molecule has 0 unspecified atom stereocenters. The summed E-state index contributed by atoms with van der Waals surface area (Å²) in [7, 11) is -3.43. The van der Waals surface area contributed by atoms with Crippen molar-refractivity contribution < 1.29 is 35.3 Å². The summed E-state index contributed by atoms with van der Waals surface area (Å²) in [4.78, 5) is 21.4. The third kappa shape index (κ3) is 6.92. The zero-order chi connectivity index (χ0) is 23.2. The highest BCUT2D eigenvalue weighted by Crippen LogP contribution is 2.24. The molecule has 0 aliphatic carbocycles. The number of urea groups is 1. The Bertz CT molecular complexity index is 1130. The first-order chi connectivity index (χ1) is 14.5. The second kappa shape index (κ2) is 9.73. The largest absolute Gasteiger partial charge is 0.481 e. The molecule has 0 spiro atoms. The molecule has 2 rings (SSSR count). The minimum atomic E-state index is -4.78. The maximum absolute atomic E-state index is 12.4. The quantitative estimate of drug-likeness (QED) is 0.404. The number of benzene rings is 1. The summed E-state index contributed by atoms with van der Waals surface area (Å²) in [6.45, 7) is 0. The van der Waals surface area contributed by atoms with E-state index in [1.807, 2.05) is 0 Å². The predicted octanol–water partition coefficient (Wildman–Crippen LogP) is -0.306. The Morgan fingerprint density at radius 2 is 1.58 bits per heavy atom. The third-order valence-electron chi connectivity index (χ3n) is 3.18. The number of anilines is 1. The molecule has 0 saturated heterocycles. The molecule has 31 heavy (non-hydrogen) atoms. The lowest BCUT2D eigenvalue weighted by molar-refractivity contribution is 0.255. The van der Waals surface area contributed by atoms with Crippen molar-refractivity contribution in [2.75, 3.05) is 33.6 Å². The van der Waals surface area contributed by atoms with Crippen LogP contribution in [-0.4, -0.2) is 66.2 Å². The highest BCUT2D eigenvalue weighted by molar-refractivity contribution is 7.89. The van der Waals surface area contributed by atoms with Crippen LogP contribution in [0, 0.1) is 0 Å². The zero-order valence-corrected chi connectivity index (χ0v) is 18.4. The summed E-state index contributed by atoms with van der Waals surface area (Å²) in [5, 5.41) is 3.22. The van der Waals surface area contributed by atoms with Crippen LogP contribution in [0.4, 0.5) is 10.7 Å². The first kappa shape index (κ1) is 24.1. The molecule has 14 nitrogen and oxygen atoms in total. The van der Waals surface area contributed by atoms with Crippen molar-refractivity contribution >= 4 is 32.3 Å². The van der Waals surface area contributed by atoms with Gasteiger partial charge in [0.1, 0.15) is 4.90 Å². The minimum Gasteiger partial charge on any atom is -0.481 e. The second-order valence-electron chi connectivity index (χ2n) is 5.81. The van der Waals surface area contributed by atoms with Crippen LogP contribution in [0.5, 0.6) is 17.5 Å². The fourth-order valence-electron chi connectivity index (χ4n) is 2.08. The predicted molar refractivity (Wildman–Crippen MR) is 107 cm³/mol. The number of nitrogens with one attached hydrogen (secondary N) is 3. The molecule has 0 bridgehead atoms. The smallest absolute Gasteiger partial charge is 0.411 e. The molecular formula is C15H20N6O8S2. The Morgan fingerprint density at radius 1 is 1.00 bits per heavy atom. The average molecular weight is 476 g/mol. The number of hydrogen-bond donors (Lipinski definition) is 3. The number of sulfonamides is 1. The number of methoxy groups -OCH3 is 2. The van der Waals surface area contributed by atoms with Crippen molar-refractivity contribution in [1.82, 2.24) is 24.5 Å². The number of rotatable bonds is 9. The number of carbonyl (C=O) groups excluding carboxylic acids is 1. The Kier molecular flexibility index (Phi) is 7.55. The number of para-hydroxylation sites is 1. The SMILES string of the molecule is COc1cc(OC)nc(NC(=O)NS(=O)(=O)Oc2ccccc2S(=O)(=O)NN(C)C)n1. The first-order valence-corrected chi connectivity index (χ1v) is 11.1. The highest BCUT2D eigenvalue weighted by atomic mass is 32.2. The number of nitrogens with zero attached hydrogens (tertiary/aromatic N) is 3. The van der Waals surface area contributed by atoms with Gasteiger partial charge < -0.3 is 13.7 Å². The van der Waals surface area contributed by atoms with Crippen LogP contribution in [0.15, 0.2) is 35.2 Å². The topological polar surface area (TPSA) is 178 Å². The van der Waals surface area contributed by atoms with Crippen LogP contribution in [0.3, 0.4) is 0 Å². The van der Waals surface area contributed by atoms with E-state index in [0.717, 1.165) is 17.1 Å². The van der Waals surface area contributed by atoms with Gasteiger partial charge in [0.05, 0.1) is 20.3 Å². The van der Waals surface area contributed by atoms with Gasteiger partial charge in [-0.2, -0.15) is 18.4 Å². The molecule has 0 saturated carbocycles. The highest BCUT2D eigenvalue weighted by Gasteiger charge is 2.25. The van der Waals surface area contributed by atoms with Crippen molar-refractivity contribution in [1.29, 1.82) is 0 Å². The Labute approximate surface area is 178 Å². The zero-order valence-electron chi connectivity index (χ0n) is 16.8. The maximum atomic E-state index is 12.4. The number of carbonyl (C=O) groups is 1. The maximum Gasteiger partial charge on any atom is 0.411 e. The van der Waals surface area contributed by atoms with Crippen LogP contribution in [0.25, 0.3) is 0 Å². The van der Waals surface area contributed by atoms with E-state index in [1.165, 1.54) is 46.5 Å². The van der Waals surface area contributed by atoms with Crippen LogP contribution in [0.2, 0.25) is 0 Å². The lowest BCUT2D eigenvalue weighted by atomic mass is 10.3. The molecule has 1 heterocycles. The number of hydrogen-bond acceptors (Lipinski definition) is 11. The normalized spacial score (nSPS) is 11.6. The number of hydrazine groups is 1. The van der Waals surface area contributed by atoms with Crippen molar-refractivity contribution in [2.24, 2.45) is 0 Å². The molecule has 1 aromatic carbocycles. The fourth-order valence-corrected chi connectivity index (χ4v) is 4.04. The number of aromatic nitrogens is 2. The second-order valence-corrected chi connectivity index (χ2v) is 8.71. The summed E-state index contributed by atoms with van der Waals surface area (Å²) in [5.41, 5.74) is 0. The number of ether oxygens (including phenoxy) is 2. The van der Waals surface area contributed by atoms with E-state index in [9.17, 15) is 21.6 Å². The molecule has 2 aromatic rings. The molecule has 2 amide bonds. The van der Waals surface area contributed by atoms with E-state index in [-0.39, 0.29) is 17.7 Å². The van der Waals surface area contributed by atoms with Gasteiger partial charge in [0.15, 0.2) is 5.75 Å². The molecule has 16 heteroatoms. The van der Waals surface area contributed by atoms with E-state index in [2.05, 4.69) is 20.1 Å². The summed E-state index contributed by atoms with van der Waals surface area (Å²) in [5.74, 6) is -0.749. The minimum absolute atomic E-state index is 0.0498. The molecule has 0 radical (unpaired) electrons. The summed E-state index contributed by atoms with van der Waals surface area (Å²) < 4.78 is 65.4. The number of amides is 2. The Balaban J connectivity index is 2.19. The van der Waals surface area contributed by atoms with Gasteiger partial charge in [-0.05, 0) is 12.1 Å². The van der Waals surface area contributed by atoms with Crippen LogP contribution in [-0.2, 0) is 20.3 Å². The van der Waals surface area contributed by atoms with Crippen molar-refractivity contribution in [3.63, 3.8) is 0 Å². The molecular weight excluding hydrogens is 456 g/mol. The van der Waals surface area contributed by atoms with Gasteiger partial charge in [0, 0.05) is 14.1 Å². The lowest BCUT2D eigenvalue weighted by Gasteiger charge is -2.15. The summed E-state index contributed by atoms with van der Waals surface area (Å²) in [6, 6.07) is 5.03. The fraction of sp³-hybridized carbons (Fsp3) is 0.267. The van der Waals surface area contributed by atoms with E-state index < -0.39 is 37.0 Å². The van der Waals surface area contributed by atoms with Gasteiger partial charge in [-0.1, -0.05) is 12.1 Å². The standard InChI is InChI=1S/C15H20N6O8S2/c1-21(2)20-30(23,24)11-8-6-5-7-10(11)29-31(25,26)19-15(22)18-14-16-12(27-3)9-13(17-14)28-4/h5-9,20H,1-4H3,(H2,16,17,18,19,22).